The first-order valence-electron chi connectivity index (χ1n) is 9.30. The van der Waals surface area contributed by atoms with Crippen LogP contribution in [0.4, 0.5) is 8.78 Å². The maximum Gasteiger partial charge on any atom is 0.200 e. The minimum atomic E-state index is -0.523. The van der Waals surface area contributed by atoms with Gasteiger partial charge in [-0.05, 0) is 43.0 Å². The number of ether oxygens (including phenoxy) is 1. The van der Waals surface area contributed by atoms with Crippen molar-refractivity contribution in [2.45, 2.75) is 44.1 Å². The number of benzene rings is 2. The molecule has 1 aromatic heterocycles. The molecule has 2 aliphatic rings. The first-order chi connectivity index (χ1) is 13.1. The van der Waals surface area contributed by atoms with E-state index in [1.54, 1.807) is 24.5 Å². The number of rotatable bonds is 0. The molecule has 0 amide bonds. The van der Waals surface area contributed by atoms with E-state index in [9.17, 15) is 8.78 Å². The van der Waals surface area contributed by atoms with Crippen LogP contribution in [-0.4, -0.2) is 4.98 Å². The van der Waals surface area contributed by atoms with Crippen LogP contribution < -0.4 is 4.74 Å². The standard InChI is InChI=1S/C22H19F2NO2/c23-18-7-6-14-10-17(18)16-4-3-5-19(24)20(16)26-12-15-13-27-21(25-15)22(11-14)8-1-2-9-22/h3-7,10,13H,1-2,8-9,11-12H2. The Bertz CT molecular complexity index is 1010. The van der Waals surface area contributed by atoms with Crippen molar-refractivity contribution in [3.63, 3.8) is 0 Å². The molecule has 1 saturated carbocycles. The van der Waals surface area contributed by atoms with E-state index in [0.717, 1.165) is 37.7 Å². The summed E-state index contributed by atoms with van der Waals surface area (Å²) in [7, 11) is 0. The first kappa shape index (κ1) is 16.5. The van der Waals surface area contributed by atoms with Crippen molar-refractivity contribution >= 4 is 0 Å². The van der Waals surface area contributed by atoms with E-state index in [2.05, 4.69) is 4.98 Å². The molecule has 5 rings (SSSR count). The molecule has 2 heterocycles. The fourth-order valence-electron chi connectivity index (χ4n) is 4.43. The van der Waals surface area contributed by atoms with Crippen molar-refractivity contribution in [3.8, 4) is 16.9 Å². The van der Waals surface area contributed by atoms with Crippen LogP contribution >= 0.6 is 0 Å². The molecule has 1 aliphatic heterocycles. The van der Waals surface area contributed by atoms with Gasteiger partial charge in [0.25, 0.3) is 0 Å². The molecule has 27 heavy (non-hydrogen) atoms. The van der Waals surface area contributed by atoms with Gasteiger partial charge in [0.05, 0.1) is 5.41 Å². The summed E-state index contributed by atoms with van der Waals surface area (Å²) >= 11 is 0. The Labute approximate surface area is 156 Å². The summed E-state index contributed by atoms with van der Waals surface area (Å²) in [5.74, 6) is -0.166. The molecule has 2 aromatic carbocycles. The molecule has 138 valence electrons. The zero-order valence-electron chi connectivity index (χ0n) is 14.8. The van der Waals surface area contributed by atoms with E-state index in [-0.39, 0.29) is 23.6 Å². The van der Waals surface area contributed by atoms with Crippen LogP contribution in [0.25, 0.3) is 11.1 Å². The molecule has 4 bridgehead atoms. The summed E-state index contributed by atoms with van der Waals surface area (Å²) in [4.78, 5) is 4.65. The molecule has 0 radical (unpaired) electrons. The lowest BCUT2D eigenvalue weighted by molar-refractivity contribution is 0.286. The van der Waals surface area contributed by atoms with Gasteiger partial charge in [-0.15, -0.1) is 0 Å². The maximum atomic E-state index is 14.6. The van der Waals surface area contributed by atoms with Gasteiger partial charge in [-0.1, -0.05) is 31.0 Å². The lowest BCUT2D eigenvalue weighted by atomic mass is 9.79. The van der Waals surface area contributed by atoms with Crippen LogP contribution in [-0.2, 0) is 18.4 Å². The van der Waals surface area contributed by atoms with Gasteiger partial charge in [0.15, 0.2) is 11.6 Å². The van der Waals surface area contributed by atoms with Gasteiger partial charge in [0, 0.05) is 11.1 Å². The predicted octanol–water partition coefficient (Wildman–Crippen LogP) is 5.57. The fourth-order valence-corrected chi connectivity index (χ4v) is 4.43. The van der Waals surface area contributed by atoms with Gasteiger partial charge in [-0.2, -0.15) is 0 Å². The lowest BCUT2D eigenvalue weighted by Crippen LogP contribution is -2.26. The molecule has 1 spiro atoms. The quantitative estimate of drug-likeness (QED) is 0.521. The Morgan fingerprint density at radius 1 is 0.963 bits per heavy atom. The van der Waals surface area contributed by atoms with Crippen LogP contribution in [0.15, 0.2) is 47.1 Å². The van der Waals surface area contributed by atoms with E-state index < -0.39 is 5.82 Å². The van der Waals surface area contributed by atoms with E-state index in [1.807, 2.05) is 6.07 Å². The molecule has 0 saturated heterocycles. The molecular formula is C22H19F2NO2. The average molecular weight is 367 g/mol. The van der Waals surface area contributed by atoms with Crippen molar-refractivity contribution in [2.75, 3.05) is 0 Å². The number of hydrogen-bond acceptors (Lipinski definition) is 3. The largest absolute Gasteiger partial charge is 0.483 e. The Morgan fingerprint density at radius 2 is 1.81 bits per heavy atom. The highest BCUT2D eigenvalue weighted by molar-refractivity contribution is 5.72. The van der Waals surface area contributed by atoms with E-state index >= 15 is 0 Å². The zero-order valence-corrected chi connectivity index (χ0v) is 14.8. The Kier molecular flexibility index (Phi) is 3.78. The number of hydrogen-bond donors (Lipinski definition) is 0. The SMILES string of the molecule is Fc1ccc2cc1-c1cccc(F)c1OCc1coc(n1)C1(CCCC1)C2. The van der Waals surface area contributed by atoms with Crippen LogP contribution in [0.5, 0.6) is 5.75 Å². The number of oxazole rings is 1. The number of halogens is 2. The van der Waals surface area contributed by atoms with Crippen LogP contribution in [0.1, 0.15) is 42.8 Å². The van der Waals surface area contributed by atoms with Crippen LogP contribution in [0, 0.1) is 11.6 Å². The van der Waals surface area contributed by atoms with Crippen molar-refractivity contribution < 1.29 is 17.9 Å². The molecule has 3 nitrogen and oxygen atoms in total. The number of aromatic nitrogens is 1. The maximum absolute atomic E-state index is 14.6. The predicted molar refractivity (Wildman–Crippen MR) is 96.5 cm³/mol. The molecular weight excluding hydrogens is 348 g/mol. The summed E-state index contributed by atoms with van der Waals surface area (Å²) in [5.41, 5.74) is 2.22. The molecule has 5 heteroatoms. The van der Waals surface area contributed by atoms with E-state index in [1.165, 1.54) is 12.1 Å². The van der Waals surface area contributed by atoms with Gasteiger partial charge in [-0.25, -0.2) is 13.8 Å². The monoisotopic (exact) mass is 367 g/mol. The second kappa shape index (κ2) is 6.19. The van der Waals surface area contributed by atoms with Gasteiger partial charge >= 0.3 is 0 Å². The topological polar surface area (TPSA) is 35.3 Å². The summed E-state index contributed by atoms with van der Waals surface area (Å²) in [6.07, 6.45) is 6.54. The first-order valence-corrected chi connectivity index (χ1v) is 9.30. The molecule has 1 fully saturated rings. The lowest BCUT2D eigenvalue weighted by Gasteiger charge is -2.26. The van der Waals surface area contributed by atoms with Gasteiger partial charge in [0.1, 0.15) is 24.4 Å². The normalized spacial score (nSPS) is 17.7. The second-order valence-corrected chi connectivity index (χ2v) is 7.53. The van der Waals surface area contributed by atoms with Gasteiger partial charge in [-0.3, -0.25) is 0 Å². The third kappa shape index (κ3) is 2.73. The smallest absolute Gasteiger partial charge is 0.200 e. The molecule has 1 aliphatic carbocycles. The minimum Gasteiger partial charge on any atom is -0.483 e. The Balaban J connectivity index is 1.72. The molecule has 0 unspecified atom stereocenters. The summed E-state index contributed by atoms with van der Waals surface area (Å²) in [5, 5.41) is 0. The fraction of sp³-hybridized carbons (Fsp3) is 0.318. The third-order valence-corrected chi connectivity index (χ3v) is 5.76. The van der Waals surface area contributed by atoms with Crippen molar-refractivity contribution in [3.05, 3.63) is 71.4 Å². The Hall–Kier alpha value is -2.69. The second-order valence-electron chi connectivity index (χ2n) is 7.53. The highest BCUT2D eigenvalue weighted by atomic mass is 19.1. The molecule has 3 aromatic rings. The zero-order chi connectivity index (χ0) is 18.4. The summed E-state index contributed by atoms with van der Waals surface area (Å²) in [6, 6.07) is 9.63. The van der Waals surface area contributed by atoms with Gasteiger partial charge < -0.3 is 9.15 Å². The molecule has 0 atom stereocenters. The number of fused-ring (bicyclic) bond motifs is 7. The summed E-state index contributed by atoms with van der Waals surface area (Å²) in [6.45, 7) is 0.0782. The van der Waals surface area contributed by atoms with Gasteiger partial charge in [0.2, 0.25) is 5.89 Å². The number of nitrogens with zero attached hydrogens (tertiary/aromatic N) is 1. The number of para-hydroxylation sites is 1. The van der Waals surface area contributed by atoms with Crippen LogP contribution in [0.2, 0.25) is 0 Å². The molecule has 0 N–H and O–H groups in total. The highest BCUT2D eigenvalue weighted by Crippen LogP contribution is 2.44. The van der Waals surface area contributed by atoms with E-state index in [0.29, 0.717) is 22.7 Å². The summed E-state index contributed by atoms with van der Waals surface area (Å²) < 4.78 is 40.6. The Morgan fingerprint density at radius 3 is 2.67 bits per heavy atom. The van der Waals surface area contributed by atoms with Crippen molar-refractivity contribution in [2.24, 2.45) is 0 Å². The average Bonchev–Trinajstić information content (AvgIpc) is 3.32. The highest BCUT2D eigenvalue weighted by Gasteiger charge is 2.40. The third-order valence-electron chi connectivity index (χ3n) is 5.76. The van der Waals surface area contributed by atoms with E-state index in [4.69, 9.17) is 9.15 Å². The van der Waals surface area contributed by atoms with Crippen molar-refractivity contribution in [1.82, 2.24) is 4.98 Å². The van der Waals surface area contributed by atoms with Crippen LogP contribution in [0.3, 0.4) is 0 Å². The minimum absolute atomic E-state index is 0.0363. The van der Waals surface area contributed by atoms with Crippen molar-refractivity contribution in [1.29, 1.82) is 0 Å².